The van der Waals surface area contributed by atoms with E-state index in [0.29, 0.717) is 6.04 Å². The molecule has 0 saturated heterocycles. The van der Waals surface area contributed by atoms with E-state index in [1.165, 1.54) is 32.1 Å². The largest absolute Gasteiger partial charge is 0.394 e. The highest BCUT2D eigenvalue weighted by Crippen LogP contribution is 2.17. The van der Waals surface area contributed by atoms with Crippen LogP contribution in [0.5, 0.6) is 0 Å². The molecule has 16 heavy (non-hydrogen) atoms. The first-order valence-corrected chi connectivity index (χ1v) is 6.19. The highest BCUT2D eigenvalue weighted by atomic mass is 15.3. The predicted molar refractivity (Wildman–Crippen MR) is 69.5 cm³/mol. The molecule has 1 rings (SSSR count). The number of rotatable bonds is 7. The van der Waals surface area contributed by atoms with Gasteiger partial charge in [-0.15, -0.1) is 0 Å². The monoisotopic (exact) mass is 224 g/mol. The van der Waals surface area contributed by atoms with Crippen molar-refractivity contribution < 1.29 is 0 Å². The molecule has 0 saturated carbocycles. The second kappa shape index (κ2) is 6.40. The van der Waals surface area contributed by atoms with Crippen molar-refractivity contribution in [2.24, 2.45) is 7.05 Å². The number of nitrogens with one attached hydrogen (secondary N) is 1. The summed E-state index contributed by atoms with van der Waals surface area (Å²) in [5, 5.41) is 7.63. The van der Waals surface area contributed by atoms with Crippen molar-refractivity contribution in [1.29, 1.82) is 0 Å². The number of nitrogen functional groups attached to an aromatic ring is 1. The summed E-state index contributed by atoms with van der Waals surface area (Å²) in [7, 11) is 1.88. The molecule has 92 valence electrons. The third kappa shape index (κ3) is 4.13. The van der Waals surface area contributed by atoms with Crippen molar-refractivity contribution >= 4 is 11.5 Å². The molecular weight excluding hydrogens is 200 g/mol. The van der Waals surface area contributed by atoms with Gasteiger partial charge in [-0.25, -0.2) is 0 Å². The van der Waals surface area contributed by atoms with E-state index in [-0.39, 0.29) is 0 Å². The molecule has 0 fully saturated rings. The molecule has 0 radical (unpaired) electrons. The van der Waals surface area contributed by atoms with E-state index in [2.05, 4.69) is 24.3 Å². The molecule has 4 nitrogen and oxygen atoms in total. The summed E-state index contributed by atoms with van der Waals surface area (Å²) in [5.41, 5.74) is 6.55. The lowest BCUT2D eigenvalue weighted by Gasteiger charge is -2.13. The van der Waals surface area contributed by atoms with Crippen LogP contribution in [0.4, 0.5) is 11.5 Å². The Kier molecular flexibility index (Phi) is 5.15. The van der Waals surface area contributed by atoms with E-state index in [1.807, 2.05) is 13.2 Å². The summed E-state index contributed by atoms with van der Waals surface area (Å²) >= 11 is 0. The van der Waals surface area contributed by atoms with Crippen LogP contribution in [0.1, 0.15) is 46.0 Å². The molecule has 0 aliphatic rings. The molecule has 0 aliphatic carbocycles. The zero-order valence-corrected chi connectivity index (χ0v) is 10.7. The van der Waals surface area contributed by atoms with Crippen molar-refractivity contribution in [2.45, 2.75) is 52.0 Å². The summed E-state index contributed by atoms with van der Waals surface area (Å²) in [4.78, 5) is 0. The molecule has 4 heteroatoms. The first-order valence-electron chi connectivity index (χ1n) is 6.19. The van der Waals surface area contributed by atoms with E-state index >= 15 is 0 Å². The minimum Gasteiger partial charge on any atom is -0.394 e. The maximum atomic E-state index is 5.82. The molecule has 1 unspecified atom stereocenters. The van der Waals surface area contributed by atoms with Gasteiger partial charge in [0.05, 0.1) is 5.69 Å². The van der Waals surface area contributed by atoms with Crippen molar-refractivity contribution in [3.05, 3.63) is 6.20 Å². The molecule has 0 aromatic carbocycles. The number of nitrogens with zero attached hydrogens (tertiary/aromatic N) is 2. The average molecular weight is 224 g/mol. The third-order valence-corrected chi connectivity index (χ3v) is 2.73. The topological polar surface area (TPSA) is 55.9 Å². The first kappa shape index (κ1) is 12.9. The number of aromatic nitrogens is 2. The number of hydrogen-bond acceptors (Lipinski definition) is 3. The summed E-state index contributed by atoms with van der Waals surface area (Å²) in [6.07, 6.45) is 8.21. The molecule has 1 atom stereocenters. The summed E-state index contributed by atoms with van der Waals surface area (Å²) < 4.78 is 1.74. The number of aryl methyl sites for hydroxylation is 1. The van der Waals surface area contributed by atoms with E-state index in [1.54, 1.807) is 4.68 Å². The Hall–Kier alpha value is -1.19. The van der Waals surface area contributed by atoms with Gasteiger partial charge in [-0.2, -0.15) is 5.10 Å². The van der Waals surface area contributed by atoms with Crippen molar-refractivity contribution in [1.82, 2.24) is 9.78 Å². The zero-order valence-electron chi connectivity index (χ0n) is 10.7. The average Bonchev–Trinajstić information content (AvgIpc) is 2.52. The number of anilines is 2. The van der Waals surface area contributed by atoms with Crippen molar-refractivity contribution in [3.8, 4) is 0 Å². The summed E-state index contributed by atoms with van der Waals surface area (Å²) in [5.74, 6) is 0.811. The van der Waals surface area contributed by atoms with Gasteiger partial charge in [0.2, 0.25) is 0 Å². The van der Waals surface area contributed by atoms with Crippen LogP contribution in [0.25, 0.3) is 0 Å². The van der Waals surface area contributed by atoms with Crippen LogP contribution < -0.4 is 11.1 Å². The van der Waals surface area contributed by atoms with E-state index in [0.717, 1.165) is 11.5 Å². The maximum absolute atomic E-state index is 5.82. The SMILES string of the molecule is CCCCCCC(C)Nc1nn(C)cc1N. The lowest BCUT2D eigenvalue weighted by Crippen LogP contribution is -2.16. The van der Waals surface area contributed by atoms with Gasteiger partial charge in [0.15, 0.2) is 5.82 Å². The quantitative estimate of drug-likeness (QED) is 0.700. The normalized spacial score (nSPS) is 12.7. The van der Waals surface area contributed by atoms with Crippen LogP contribution in [0.15, 0.2) is 6.20 Å². The molecule has 0 bridgehead atoms. The molecule has 1 heterocycles. The van der Waals surface area contributed by atoms with E-state index in [4.69, 9.17) is 5.73 Å². The Morgan fingerprint density at radius 1 is 1.44 bits per heavy atom. The van der Waals surface area contributed by atoms with Gasteiger partial charge in [-0.05, 0) is 13.3 Å². The van der Waals surface area contributed by atoms with Crippen molar-refractivity contribution in [3.63, 3.8) is 0 Å². The second-order valence-corrected chi connectivity index (χ2v) is 4.50. The van der Waals surface area contributed by atoms with Gasteiger partial charge in [0, 0.05) is 19.3 Å². The van der Waals surface area contributed by atoms with Crippen molar-refractivity contribution in [2.75, 3.05) is 11.1 Å². The number of unbranched alkanes of at least 4 members (excludes halogenated alkanes) is 3. The molecule has 3 N–H and O–H groups in total. The highest BCUT2D eigenvalue weighted by Gasteiger charge is 2.07. The third-order valence-electron chi connectivity index (χ3n) is 2.73. The highest BCUT2D eigenvalue weighted by molar-refractivity contribution is 5.60. The minimum atomic E-state index is 0.439. The minimum absolute atomic E-state index is 0.439. The summed E-state index contributed by atoms with van der Waals surface area (Å²) in [6, 6.07) is 0.439. The fourth-order valence-electron chi connectivity index (χ4n) is 1.80. The molecule has 1 aromatic rings. The fraction of sp³-hybridized carbons (Fsp3) is 0.750. The van der Waals surface area contributed by atoms with Crippen LogP contribution in [0.3, 0.4) is 0 Å². The smallest absolute Gasteiger partial charge is 0.171 e. The Bertz CT molecular complexity index is 306. The van der Waals surface area contributed by atoms with E-state index in [9.17, 15) is 0 Å². The van der Waals surface area contributed by atoms with Crippen LogP contribution in [-0.4, -0.2) is 15.8 Å². The predicted octanol–water partition coefficient (Wildman–Crippen LogP) is 2.77. The van der Waals surface area contributed by atoms with Crippen LogP contribution >= 0.6 is 0 Å². The molecule has 0 spiro atoms. The second-order valence-electron chi connectivity index (χ2n) is 4.50. The van der Waals surface area contributed by atoms with Gasteiger partial charge in [-0.1, -0.05) is 32.6 Å². The molecule has 1 aromatic heterocycles. The van der Waals surface area contributed by atoms with Gasteiger partial charge in [0.1, 0.15) is 0 Å². The van der Waals surface area contributed by atoms with Crippen LogP contribution in [0.2, 0.25) is 0 Å². The maximum Gasteiger partial charge on any atom is 0.171 e. The molecule has 0 amide bonds. The standard InChI is InChI=1S/C12H24N4/c1-4-5-6-7-8-10(2)14-12-11(13)9-16(3)15-12/h9-10H,4-8,13H2,1-3H3,(H,14,15). The van der Waals surface area contributed by atoms with Gasteiger partial charge in [0.25, 0.3) is 0 Å². The van der Waals surface area contributed by atoms with Gasteiger partial charge < -0.3 is 11.1 Å². The summed E-state index contributed by atoms with van der Waals surface area (Å²) in [6.45, 7) is 4.41. The van der Waals surface area contributed by atoms with Crippen LogP contribution in [-0.2, 0) is 7.05 Å². The number of hydrogen-bond donors (Lipinski definition) is 2. The first-order chi connectivity index (χ1) is 7.63. The Morgan fingerprint density at radius 2 is 2.19 bits per heavy atom. The Balaban J connectivity index is 2.28. The molecule has 0 aliphatic heterocycles. The zero-order chi connectivity index (χ0) is 12.0. The fourth-order valence-corrected chi connectivity index (χ4v) is 1.80. The van der Waals surface area contributed by atoms with Gasteiger partial charge in [-0.3, -0.25) is 4.68 Å². The number of nitrogens with two attached hydrogens (primary N) is 1. The lowest BCUT2D eigenvalue weighted by molar-refractivity contribution is 0.592. The van der Waals surface area contributed by atoms with E-state index < -0.39 is 0 Å². The Morgan fingerprint density at radius 3 is 2.75 bits per heavy atom. The van der Waals surface area contributed by atoms with Gasteiger partial charge >= 0.3 is 0 Å². The van der Waals surface area contributed by atoms with Crippen LogP contribution in [0, 0.1) is 0 Å². The Labute approximate surface area is 98.2 Å². The molecular formula is C12H24N4. The lowest BCUT2D eigenvalue weighted by atomic mass is 10.1.